The molecule has 1 atom stereocenters. The second kappa shape index (κ2) is 7.32. The van der Waals surface area contributed by atoms with Gasteiger partial charge in [0.1, 0.15) is 5.75 Å². The highest BCUT2D eigenvalue weighted by Gasteiger charge is 2.28. The topological polar surface area (TPSA) is 29.5 Å². The molecule has 1 aromatic rings. The fourth-order valence-corrected chi connectivity index (χ4v) is 2.97. The normalized spacial score (nSPS) is 17.5. The molecule has 1 aliphatic rings. The summed E-state index contributed by atoms with van der Waals surface area (Å²) in [6.07, 6.45) is 5.64. The minimum Gasteiger partial charge on any atom is -0.481 e. The van der Waals surface area contributed by atoms with Gasteiger partial charge in [-0.05, 0) is 38.8 Å². The summed E-state index contributed by atoms with van der Waals surface area (Å²) >= 11 is 0. The number of likely N-dealkylation sites (N-methyl/N-ethyl adjacent to an activating group) is 1. The lowest BCUT2D eigenvalue weighted by Crippen LogP contribution is -2.47. The standard InChI is InChI=1S/C17H25NO2/c1-3-18(15-10-6-4-7-11-15)17(19)14(2)20-16-12-8-5-9-13-16/h5,8-9,12-15H,3-4,6-7,10-11H2,1-2H3/t14-/m0/s1. The Bertz CT molecular complexity index is 412. The number of rotatable bonds is 5. The lowest BCUT2D eigenvalue weighted by atomic mass is 9.94. The Morgan fingerprint density at radius 3 is 2.50 bits per heavy atom. The predicted molar refractivity (Wildman–Crippen MR) is 80.8 cm³/mol. The highest BCUT2D eigenvalue weighted by molar-refractivity contribution is 5.81. The van der Waals surface area contributed by atoms with E-state index in [0.29, 0.717) is 6.04 Å². The van der Waals surface area contributed by atoms with E-state index < -0.39 is 6.10 Å². The lowest BCUT2D eigenvalue weighted by molar-refractivity contribution is -0.140. The van der Waals surface area contributed by atoms with Crippen molar-refractivity contribution >= 4 is 5.91 Å². The van der Waals surface area contributed by atoms with Gasteiger partial charge in [-0.1, -0.05) is 37.5 Å². The van der Waals surface area contributed by atoms with Gasteiger partial charge < -0.3 is 9.64 Å². The van der Waals surface area contributed by atoms with Crippen LogP contribution in [0.4, 0.5) is 0 Å². The minimum absolute atomic E-state index is 0.114. The molecule has 20 heavy (non-hydrogen) atoms. The molecule has 0 N–H and O–H groups in total. The van der Waals surface area contributed by atoms with Crippen LogP contribution in [-0.2, 0) is 4.79 Å². The molecule has 0 spiro atoms. The molecular formula is C17H25NO2. The second-order valence-corrected chi connectivity index (χ2v) is 5.49. The Balaban J connectivity index is 1.96. The Morgan fingerprint density at radius 2 is 1.90 bits per heavy atom. The van der Waals surface area contributed by atoms with Crippen molar-refractivity contribution in [2.24, 2.45) is 0 Å². The third-order valence-electron chi connectivity index (χ3n) is 4.04. The van der Waals surface area contributed by atoms with Gasteiger partial charge in [0.25, 0.3) is 5.91 Å². The molecule has 0 unspecified atom stereocenters. The molecule has 110 valence electrons. The van der Waals surface area contributed by atoms with Crippen LogP contribution >= 0.6 is 0 Å². The zero-order valence-corrected chi connectivity index (χ0v) is 12.5. The Kier molecular flexibility index (Phi) is 5.45. The Hall–Kier alpha value is -1.51. The number of nitrogens with zero attached hydrogens (tertiary/aromatic N) is 1. The highest BCUT2D eigenvalue weighted by Crippen LogP contribution is 2.23. The van der Waals surface area contributed by atoms with Crippen molar-refractivity contribution in [1.82, 2.24) is 4.90 Å². The van der Waals surface area contributed by atoms with Crippen molar-refractivity contribution < 1.29 is 9.53 Å². The molecule has 0 radical (unpaired) electrons. The molecule has 1 saturated carbocycles. The van der Waals surface area contributed by atoms with Crippen LogP contribution < -0.4 is 4.74 Å². The molecule has 0 saturated heterocycles. The van der Waals surface area contributed by atoms with Gasteiger partial charge in [-0.25, -0.2) is 0 Å². The van der Waals surface area contributed by atoms with Crippen LogP contribution in [0.1, 0.15) is 46.0 Å². The summed E-state index contributed by atoms with van der Waals surface area (Å²) in [6, 6.07) is 9.97. The van der Waals surface area contributed by atoms with Gasteiger partial charge in [-0.15, -0.1) is 0 Å². The zero-order valence-electron chi connectivity index (χ0n) is 12.5. The third-order valence-corrected chi connectivity index (χ3v) is 4.04. The van der Waals surface area contributed by atoms with E-state index in [4.69, 9.17) is 4.74 Å². The van der Waals surface area contributed by atoms with Crippen molar-refractivity contribution in [1.29, 1.82) is 0 Å². The molecule has 1 aliphatic carbocycles. The molecule has 1 amide bonds. The first kappa shape index (κ1) is 14.9. The lowest BCUT2D eigenvalue weighted by Gasteiger charge is -2.35. The van der Waals surface area contributed by atoms with Crippen LogP contribution in [0.25, 0.3) is 0 Å². The minimum atomic E-state index is -0.417. The quantitative estimate of drug-likeness (QED) is 0.821. The number of ether oxygens (including phenoxy) is 1. The predicted octanol–water partition coefficient (Wildman–Crippen LogP) is 3.64. The van der Waals surface area contributed by atoms with E-state index in [9.17, 15) is 4.79 Å². The first-order valence-electron chi connectivity index (χ1n) is 7.74. The monoisotopic (exact) mass is 275 g/mol. The maximum absolute atomic E-state index is 12.6. The average molecular weight is 275 g/mol. The number of para-hydroxylation sites is 1. The molecule has 2 rings (SSSR count). The molecule has 1 fully saturated rings. The van der Waals surface area contributed by atoms with Gasteiger partial charge in [0.05, 0.1) is 0 Å². The second-order valence-electron chi connectivity index (χ2n) is 5.49. The molecule has 0 aliphatic heterocycles. The number of carbonyl (C=O) groups is 1. The molecule has 0 heterocycles. The summed E-state index contributed by atoms with van der Waals surface area (Å²) in [5.74, 6) is 0.872. The fraction of sp³-hybridized carbons (Fsp3) is 0.588. The number of benzene rings is 1. The SMILES string of the molecule is CCN(C(=O)[C@H](C)Oc1ccccc1)C1CCCCC1. The van der Waals surface area contributed by atoms with Crippen molar-refractivity contribution in [3.05, 3.63) is 30.3 Å². The molecular weight excluding hydrogens is 250 g/mol. The molecule has 0 bridgehead atoms. The van der Waals surface area contributed by atoms with Gasteiger partial charge in [-0.3, -0.25) is 4.79 Å². The Morgan fingerprint density at radius 1 is 1.25 bits per heavy atom. The molecule has 3 heteroatoms. The highest BCUT2D eigenvalue weighted by atomic mass is 16.5. The fourth-order valence-electron chi connectivity index (χ4n) is 2.97. The van der Waals surface area contributed by atoms with Gasteiger partial charge >= 0.3 is 0 Å². The molecule has 1 aromatic carbocycles. The largest absolute Gasteiger partial charge is 0.481 e. The first-order chi connectivity index (χ1) is 9.72. The van der Waals surface area contributed by atoms with Crippen molar-refractivity contribution in [3.63, 3.8) is 0 Å². The van der Waals surface area contributed by atoms with Gasteiger partial charge in [-0.2, -0.15) is 0 Å². The third kappa shape index (κ3) is 3.75. The van der Waals surface area contributed by atoms with Crippen molar-refractivity contribution in [2.75, 3.05) is 6.54 Å². The van der Waals surface area contributed by atoms with Crippen LogP contribution in [0.5, 0.6) is 5.75 Å². The first-order valence-corrected chi connectivity index (χ1v) is 7.74. The summed E-state index contributed by atoms with van der Waals surface area (Å²) in [7, 11) is 0. The van der Waals surface area contributed by atoms with E-state index in [0.717, 1.165) is 25.1 Å². The zero-order chi connectivity index (χ0) is 14.4. The van der Waals surface area contributed by atoms with E-state index in [-0.39, 0.29) is 5.91 Å². The number of hydrogen-bond acceptors (Lipinski definition) is 2. The summed E-state index contributed by atoms with van der Waals surface area (Å²) in [5, 5.41) is 0. The smallest absolute Gasteiger partial charge is 0.263 e. The van der Waals surface area contributed by atoms with Gasteiger partial charge in [0, 0.05) is 12.6 Å². The summed E-state index contributed by atoms with van der Waals surface area (Å²) in [4.78, 5) is 14.6. The van der Waals surface area contributed by atoms with Crippen molar-refractivity contribution in [3.8, 4) is 5.75 Å². The maximum atomic E-state index is 12.6. The molecule has 3 nitrogen and oxygen atoms in total. The summed E-state index contributed by atoms with van der Waals surface area (Å²) in [5.41, 5.74) is 0. The average Bonchev–Trinajstić information content (AvgIpc) is 2.50. The van der Waals surface area contributed by atoms with E-state index >= 15 is 0 Å². The summed E-state index contributed by atoms with van der Waals surface area (Å²) in [6.45, 7) is 4.68. The van der Waals surface area contributed by atoms with Crippen molar-refractivity contribution in [2.45, 2.75) is 58.1 Å². The number of carbonyl (C=O) groups excluding carboxylic acids is 1. The van der Waals surface area contributed by atoms with E-state index in [1.54, 1.807) is 0 Å². The van der Waals surface area contributed by atoms with Gasteiger partial charge in [0.15, 0.2) is 6.10 Å². The summed E-state index contributed by atoms with van der Waals surface area (Å²) < 4.78 is 5.76. The van der Waals surface area contributed by atoms with E-state index in [1.807, 2.05) is 42.2 Å². The molecule has 0 aromatic heterocycles. The maximum Gasteiger partial charge on any atom is 0.263 e. The van der Waals surface area contributed by atoms with Crippen LogP contribution in [-0.4, -0.2) is 29.5 Å². The number of hydrogen-bond donors (Lipinski definition) is 0. The van der Waals surface area contributed by atoms with Gasteiger partial charge in [0.2, 0.25) is 0 Å². The van der Waals surface area contributed by atoms with Crippen LogP contribution in [0.15, 0.2) is 30.3 Å². The van der Waals surface area contributed by atoms with Crippen LogP contribution in [0, 0.1) is 0 Å². The van der Waals surface area contributed by atoms with E-state index in [1.165, 1.54) is 19.3 Å². The Labute approximate surface area is 121 Å². The van der Waals surface area contributed by atoms with E-state index in [2.05, 4.69) is 6.92 Å². The van der Waals surface area contributed by atoms with Crippen LogP contribution in [0.3, 0.4) is 0 Å². The van der Waals surface area contributed by atoms with Crippen LogP contribution in [0.2, 0.25) is 0 Å². The number of amides is 1.